The number of allylic oxidation sites excluding steroid dienone is 2. The van der Waals surface area contributed by atoms with Gasteiger partial charge in [0.2, 0.25) is 0 Å². The predicted octanol–water partition coefficient (Wildman–Crippen LogP) is 1.86. The van der Waals surface area contributed by atoms with Crippen molar-refractivity contribution in [2.45, 2.75) is 39.7 Å². The molecule has 0 aromatic heterocycles. The molecule has 0 amide bonds. The summed E-state index contributed by atoms with van der Waals surface area (Å²) in [6.07, 6.45) is 2.13. The smallest absolute Gasteiger partial charge is 0.184 e. The molecular formula is C10H16O3. The minimum atomic E-state index is -0.526. The quantitative estimate of drug-likeness (QED) is 0.584. The Bertz CT molecular complexity index is 226. The molecule has 0 saturated heterocycles. The Balaban J connectivity index is 0.000000671. The Labute approximate surface area is 78.8 Å². The Hall–Kier alpha value is -1.12. The van der Waals surface area contributed by atoms with Crippen molar-refractivity contribution >= 4 is 12.1 Å². The molecule has 0 spiro atoms. The third-order valence-corrected chi connectivity index (χ3v) is 1.41. The fraction of sp³-hybridized carbons (Fsp3) is 0.600. The summed E-state index contributed by atoms with van der Waals surface area (Å²) in [5.74, 6) is 0.0783. The normalized spacial score (nSPS) is 19.1. The number of aldehydes is 1. The molecule has 3 heteroatoms. The van der Waals surface area contributed by atoms with Gasteiger partial charge in [0.05, 0.1) is 0 Å². The molecule has 3 nitrogen and oxygen atoms in total. The number of rotatable bonds is 1. The van der Waals surface area contributed by atoms with Crippen molar-refractivity contribution < 1.29 is 14.3 Å². The molecule has 0 atom stereocenters. The highest BCUT2D eigenvalue weighted by atomic mass is 16.5. The number of hydrogen-bond donors (Lipinski definition) is 0. The average Bonchev–Trinajstić information content (AvgIpc) is 2.04. The Morgan fingerprint density at radius 2 is 2.00 bits per heavy atom. The van der Waals surface area contributed by atoms with Crippen molar-refractivity contribution in [1.82, 2.24) is 0 Å². The largest absolute Gasteiger partial charge is 0.484 e. The van der Waals surface area contributed by atoms with Gasteiger partial charge in [-0.15, -0.1) is 0 Å². The number of ether oxygens (including phenoxy) is 1. The van der Waals surface area contributed by atoms with Crippen molar-refractivity contribution in [2.75, 3.05) is 0 Å². The average molecular weight is 184 g/mol. The van der Waals surface area contributed by atoms with Gasteiger partial charge in [-0.25, -0.2) is 0 Å². The lowest BCUT2D eigenvalue weighted by molar-refractivity contribution is -0.125. The topological polar surface area (TPSA) is 43.4 Å². The van der Waals surface area contributed by atoms with Crippen molar-refractivity contribution in [1.29, 1.82) is 0 Å². The van der Waals surface area contributed by atoms with E-state index in [1.54, 1.807) is 13.8 Å². The third kappa shape index (κ3) is 3.87. The molecule has 0 aliphatic carbocycles. The molecule has 1 heterocycles. The first-order chi connectivity index (χ1) is 6.03. The van der Waals surface area contributed by atoms with Gasteiger partial charge in [-0.1, -0.05) is 13.8 Å². The van der Waals surface area contributed by atoms with Crippen molar-refractivity contribution in [3.05, 3.63) is 11.8 Å². The molecule has 0 N–H and O–H groups in total. The van der Waals surface area contributed by atoms with Crippen molar-refractivity contribution in [3.8, 4) is 0 Å². The monoisotopic (exact) mass is 184 g/mol. The van der Waals surface area contributed by atoms with Gasteiger partial charge < -0.3 is 4.74 Å². The van der Waals surface area contributed by atoms with Crippen molar-refractivity contribution in [3.63, 3.8) is 0 Å². The van der Waals surface area contributed by atoms with E-state index in [0.717, 1.165) is 0 Å². The predicted molar refractivity (Wildman–Crippen MR) is 50.3 cm³/mol. The fourth-order valence-electron chi connectivity index (χ4n) is 1.07. The van der Waals surface area contributed by atoms with Crippen LogP contribution >= 0.6 is 0 Å². The Morgan fingerprint density at radius 1 is 1.46 bits per heavy atom. The first kappa shape index (κ1) is 11.9. The highest BCUT2D eigenvalue weighted by Crippen LogP contribution is 2.23. The summed E-state index contributed by atoms with van der Waals surface area (Å²) in [4.78, 5) is 21.2. The summed E-state index contributed by atoms with van der Waals surface area (Å²) in [6, 6.07) is 0. The van der Waals surface area contributed by atoms with Gasteiger partial charge >= 0.3 is 0 Å². The van der Waals surface area contributed by atoms with Crippen LogP contribution in [0.5, 0.6) is 0 Å². The van der Waals surface area contributed by atoms with E-state index < -0.39 is 5.60 Å². The zero-order chi connectivity index (χ0) is 10.5. The van der Waals surface area contributed by atoms with Gasteiger partial charge in [-0.05, 0) is 13.8 Å². The summed E-state index contributed by atoms with van der Waals surface area (Å²) in [6.45, 7) is 7.56. The maximum absolute atomic E-state index is 10.9. The maximum atomic E-state index is 10.9. The van der Waals surface area contributed by atoms with E-state index >= 15 is 0 Å². The molecule has 74 valence electrons. The number of ketones is 1. The molecule has 13 heavy (non-hydrogen) atoms. The highest BCUT2D eigenvalue weighted by Gasteiger charge is 2.28. The van der Waals surface area contributed by atoms with Gasteiger partial charge in [-0.3, -0.25) is 9.59 Å². The Morgan fingerprint density at radius 3 is 2.38 bits per heavy atom. The van der Waals surface area contributed by atoms with Crippen LogP contribution in [0.15, 0.2) is 11.8 Å². The molecule has 1 aliphatic heterocycles. The van der Waals surface area contributed by atoms with Gasteiger partial charge in [0.25, 0.3) is 0 Å². The lowest BCUT2D eigenvalue weighted by Gasteiger charge is -2.28. The molecule has 0 aromatic rings. The van der Waals surface area contributed by atoms with E-state index in [4.69, 9.17) is 4.74 Å². The standard InChI is InChI=1S/C8H10O3.C2H6/c1-8(2)4-6(10)3-7(5-9)11-8;1-2/h3,5H,4H2,1-2H3;1-2H3. The minimum absolute atomic E-state index is 0.0525. The molecule has 0 fully saturated rings. The van der Waals surface area contributed by atoms with Crippen LogP contribution in [-0.2, 0) is 14.3 Å². The highest BCUT2D eigenvalue weighted by molar-refractivity contribution is 5.95. The van der Waals surface area contributed by atoms with E-state index in [2.05, 4.69) is 0 Å². The van der Waals surface area contributed by atoms with E-state index in [1.165, 1.54) is 6.08 Å². The van der Waals surface area contributed by atoms with E-state index in [-0.39, 0.29) is 11.5 Å². The van der Waals surface area contributed by atoms with Crippen LogP contribution in [0.1, 0.15) is 34.1 Å². The van der Waals surface area contributed by atoms with Crippen LogP contribution in [0.4, 0.5) is 0 Å². The van der Waals surface area contributed by atoms with Crippen LogP contribution in [0.2, 0.25) is 0 Å². The van der Waals surface area contributed by atoms with Crippen molar-refractivity contribution in [2.24, 2.45) is 0 Å². The van der Waals surface area contributed by atoms with Crippen LogP contribution < -0.4 is 0 Å². The van der Waals surface area contributed by atoms with Gasteiger partial charge in [0.15, 0.2) is 17.8 Å². The van der Waals surface area contributed by atoms with Crippen LogP contribution in [-0.4, -0.2) is 17.7 Å². The second kappa shape index (κ2) is 4.80. The molecular weight excluding hydrogens is 168 g/mol. The molecule has 0 bridgehead atoms. The van der Waals surface area contributed by atoms with Gasteiger partial charge in [0.1, 0.15) is 5.60 Å². The SMILES string of the molecule is CC.CC1(C)CC(=O)C=C(C=O)O1. The number of hydrogen-bond acceptors (Lipinski definition) is 3. The number of carbonyl (C=O) groups excluding carboxylic acids is 2. The van der Waals surface area contributed by atoms with Crippen LogP contribution in [0.3, 0.4) is 0 Å². The van der Waals surface area contributed by atoms with Gasteiger partial charge in [-0.2, -0.15) is 0 Å². The summed E-state index contributed by atoms with van der Waals surface area (Å²) < 4.78 is 5.17. The molecule has 1 aliphatic rings. The van der Waals surface area contributed by atoms with Gasteiger partial charge in [0, 0.05) is 12.5 Å². The minimum Gasteiger partial charge on any atom is -0.484 e. The maximum Gasteiger partial charge on any atom is 0.184 e. The van der Waals surface area contributed by atoms with E-state index in [1.807, 2.05) is 13.8 Å². The Kier molecular flexibility index (Phi) is 4.38. The summed E-state index contributed by atoms with van der Waals surface area (Å²) >= 11 is 0. The first-order valence-electron chi connectivity index (χ1n) is 4.42. The van der Waals surface area contributed by atoms with E-state index in [0.29, 0.717) is 12.7 Å². The van der Waals surface area contributed by atoms with Crippen LogP contribution in [0, 0.1) is 0 Å². The third-order valence-electron chi connectivity index (χ3n) is 1.41. The molecule has 0 unspecified atom stereocenters. The molecule has 0 saturated carbocycles. The number of carbonyl (C=O) groups is 2. The lowest BCUT2D eigenvalue weighted by atomic mass is 9.99. The van der Waals surface area contributed by atoms with Crippen LogP contribution in [0.25, 0.3) is 0 Å². The second-order valence-corrected chi connectivity index (χ2v) is 3.17. The molecule has 0 aromatic carbocycles. The molecule has 0 radical (unpaired) electrons. The summed E-state index contributed by atoms with van der Waals surface area (Å²) in [5, 5.41) is 0. The van der Waals surface area contributed by atoms with E-state index in [9.17, 15) is 9.59 Å². The first-order valence-corrected chi connectivity index (χ1v) is 4.42. The lowest BCUT2D eigenvalue weighted by Crippen LogP contribution is -2.31. The zero-order valence-corrected chi connectivity index (χ0v) is 8.59. The summed E-state index contributed by atoms with van der Waals surface area (Å²) in [7, 11) is 0. The zero-order valence-electron chi connectivity index (χ0n) is 8.59. The summed E-state index contributed by atoms with van der Waals surface area (Å²) in [5.41, 5.74) is -0.526. The molecule has 1 rings (SSSR count). The second-order valence-electron chi connectivity index (χ2n) is 3.17. The fourth-order valence-corrected chi connectivity index (χ4v) is 1.07.